The molecule has 122 heavy (non-hydrogen) atoms. The minimum Gasteiger partial charge on any atom is -0.493 e. The Hall–Kier alpha value is -10.8. The van der Waals surface area contributed by atoms with Crippen LogP contribution in [0.5, 0.6) is 34.5 Å². The lowest BCUT2D eigenvalue weighted by Gasteiger charge is -2.25. The number of aromatic amines is 5. The number of fused-ring (bicyclic) bond motifs is 9. The number of aromatic nitrogens is 9. The summed E-state index contributed by atoms with van der Waals surface area (Å²) < 4.78 is 190. The van der Waals surface area contributed by atoms with Crippen LogP contribution in [0, 0.1) is 6.92 Å². The zero-order chi connectivity index (χ0) is 88.5. The lowest BCUT2D eigenvalue weighted by atomic mass is 10.0. The van der Waals surface area contributed by atoms with Gasteiger partial charge in [0, 0.05) is 142 Å². The summed E-state index contributed by atoms with van der Waals surface area (Å²) in [6.07, 6.45) is 12.3. The molecule has 0 amide bonds. The topological polar surface area (TPSA) is 313 Å². The number of aryl methyl sites for hydroxylation is 2. The number of halogens is 15. The van der Waals surface area contributed by atoms with Gasteiger partial charge in [-0.15, -0.1) is 3.71 Å². The van der Waals surface area contributed by atoms with Crippen molar-refractivity contribution in [3.63, 3.8) is 0 Å². The fourth-order valence-electron chi connectivity index (χ4n) is 12.2. The molecular formula is C81H66Br4Cl2F9N11O13S2. The zero-order valence-corrected chi connectivity index (χ0v) is 73.5. The molecule has 8 heterocycles. The second kappa shape index (κ2) is 38.7. The standard InChI is InChI=1S/C20H17Br2NO2.C19H15BrN2O2.C19H19N5O2.C12H9BrN2O2.C8H5F6NO4S2.C3HCl2F3O/c1-13-10-23-11-17(22)20(13)15-8-18(24-2)19(9-16(15)21)25-12-14-6-4-3-5-7-14;1-23-17-7-13-15(22-16-10-21-9-14(20)19(13)16)8-18(17)24-11-12-5-3-2-4-6-12;1-24-18(7-12(23-24)10-3-4-10)22-15-9-20-8-14-19(15)11-5-17(26-2)16(25)6-13(11)21-14;1-17-11-2-6-8(3-10(11)16)15-9-5-14-4-7(13)12(6)9;9-7(10,11)20(16,17)15(6-4-2-1-3-5-6)21(18,19)8(12,13)14;4-2(5)1(9)3(6,7)8/h3-11H,12H2,1-2H3;2-10,22H,11H2,1H3;5-10,20-22H,3-4H2,1-2H3;2-5,14-15H,1H3;1-5H;2H. The summed E-state index contributed by atoms with van der Waals surface area (Å²) in [5, 5.41) is 14.2. The van der Waals surface area contributed by atoms with Crippen LogP contribution in [-0.4, -0.2) is 118 Å². The monoisotopic (exact) mass is 2020 g/mol. The summed E-state index contributed by atoms with van der Waals surface area (Å²) in [5.74, 6) is 2.92. The smallest absolute Gasteiger partial charge is 0.493 e. The number of ether oxygens (including phenoxy) is 6. The number of ketones is 1. The maximum absolute atomic E-state index is 12.4. The third kappa shape index (κ3) is 21.1. The van der Waals surface area contributed by atoms with Crippen LogP contribution in [0.3, 0.4) is 0 Å². The predicted molar refractivity (Wildman–Crippen MR) is 463 cm³/mol. The van der Waals surface area contributed by atoms with E-state index < -0.39 is 57.3 Å². The number of rotatable bonds is 18. The van der Waals surface area contributed by atoms with Gasteiger partial charge in [0.25, 0.3) is 5.78 Å². The second-order valence-electron chi connectivity index (χ2n) is 26.2. The zero-order valence-electron chi connectivity index (χ0n) is 64.0. The number of pyridine rings is 4. The Morgan fingerprint density at radius 1 is 0.533 bits per heavy atom. The molecule has 1 aliphatic rings. The first-order chi connectivity index (χ1) is 57.8. The lowest BCUT2D eigenvalue weighted by molar-refractivity contribution is -0.169. The van der Waals surface area contributed by atoms with E-state index in [0.29, 0.717) is 65.8 Å². The van der Waals surface area contributed by atoms with Crippen molar-refractivity contribution < 1.29 is 89.6 Å². The van der Waals surface area contributed by atoms with E-state index in [-0.39, 0.29) is 10.9 Å². The molecule has 640 valence electrons. The van der Waals surface area contributed by atoms with Crippen molar-refractivity contribution in [1.82, 2.24) is 44.7 Å². The van der Waals surface area contributed by atoms with E-state index in [1.165, 1.54) is 27.1 Å². The van der Waals surface area contributed by atoms with E-state index in [0.717, 1.165) is 147 Å². The maximum atomic E-state index is 12.4. The lowest BCUT2D eigenvalue weighted by Crippen LogP contribution is -2.49. The Morgan fingerprint density at radius 2 is 0.984 bits per heavy atom. The summed E-state index contributed by atoms with van der Waals surface area (Å²) in [4.78, 5) is 55.9. The SMILES string of the molecule is COc1cc(-c2c(C)cncc2Br)c(Br)cc1OCc1ccccc1.COc1cc2c(cc1=O)[nH]c1c[nH]cc(Br)c12.COc1cc2c(cc1=O)[nH]c1c[nH]cc(Nc3cc(C4CC4)nn3C)c12.COc1cc2c(cc1OCc1ccccc1)[nH]c1cncc(Br)c12.O=C(C(Cl)Cl)C(F)(F)F.O=S(=O)(N(c1ccccc1)S(=O)(=O)C(F)(F)F)C(F)(F)F. The van der Waals surface area contributed by atoms with Crippen LogP contribution in [0.25, 0.3) is 76.5 Å². The van der Waals surface area contributed by atoms with E-state index in [9.17, 15) is 70.7 Å². The van der Waals surface area contributed by atoms with Gasteiger partial charge in [-0.3, -0.25) is 29.0 Å². The highest BCUT2D eigenvalue weighted by molar-refractivity contribution is 9.11. The number of anilines is 3. The van der Waals surface area contributed by atoms with E-state index in [1.807, 2.05) is 141 Å². The quantitative estimate of drug-likeness (QED) is 0.0343. The van der Waals surface area contributed by atoms with Gasteiger partial charge >= 0.3 is 37.2 Å². The van der Waals surface area contributed by atoms with Crippen LogP contribution < -0.4 is 48.3 Å². The van der Waals surface area contributed by atoms with Crippen LogP contribution >= 0.6 is 86.9 Å². The number of carbonyl (C=O) groups is 1. The van der Waals surface area contributed by atoms with E-state index in [2.05, 4.69) is 138 Å². The number of Topliss-reactive ketones (excluding diaryl/α,β-unsaturated/α-hetero) is 1. The number of methoxy groups -OCH3 is 4. The first kappa shape index (κ1) is 91.9. The molecule has 1 saturated carbocycles. The summed E-state index contributed by atoms with van der Waals surface area (Å²) in [6, 6.07) is 40.7. The number of nitrogens with zero attached hydrogens (tertiary/aromatic N) is 5. The van der Waals surface area contributed by atoms with E-state index >= 15 is 0 Å². The number of hydrogen-bond acceptors (Lipinski definition) is 17. The molecule has 41 heteroatoms. The minimum absolute atomic E-state index is 0.119. The van der Waals surface area contributed by atoms with Crippen LogP contribution in [0.15, 0.2) is 223 Å². The highest BCUT2D eigenvalue weighted by Gasteiger charge is 2.62. The molecular weight excluding hydrogens is 1960 g/mol. The number of hydrogen-bond donors (Lipinski definition) is 6. The van der Waals surface area contributed by atoms with Crippen molar-refractivity contribution in [3.05, 3.63) is 256 Å². The molecule has 0 radical (unpaired) electrons. The number of nitrogens with one attached hydrogen (secondary N) is 6. The van der Waals surface area contributed by atoms with Gasteiger partial charge in [-0.2, -0.15) is 61.4 Å². The van der Waals surface area contributed by atoms with E-state index in [4.69, 9.17) is 28.4 Å². The molecule has 0 spiro atoms. The molecule has 0 bridgehead atoms. The summed E-state index contributed by atoms with van der Waals surface area (Å²) in [6.45, 7) is 3.01. The van der Waals surface area contributed by atoms with Crippen LogP contribution in [0.1, 0.15) is 41.1 Å². The fourth-order valence-corrected chi connectivity index (χ4v) is 17.4. The Morgan fingerprint density at radius 3 is 1.48 bits per heavy atom. The van der Waals surface area contributed by atoms with Gasteiger partial charge in [0.05, 0.1) is 84.8 Å². The Labute approximate surface area is 731 Å². The van der Waals surface area contributed by atoms with E-state index in [1.54, 1.807) is 50.9 Å². The molecule has 24 nitrogen and oxygen atoms in total. The largest absolute Gasteiger partial charge is 0.517 e. The third-order valence-corrected chi connectivity index (χ3v) is 24.6. The molecule has 6 N–H and O–H groups in total. The van der Waals surface area contributed by atoms with Gasteiger partial charge in [-0.05, 0) is 127 Å². The molecule has 0 unspecified atom stereocenters. The number of benzene rings is 7. The van der Waals surface area contributed by atoms with Gasteiger partial charge in [-0.25, -0.2) is 0 Å². The molecule has 1 fully saturated rings. The molecule has 1 aliphatic carbocycles. The third-order valence-electron chi connectivity index (χ3n) is 18.1. The second-order valence-corrected chi connectivity index (χ2v) is 34.5. The molecule has 0 aliphatic heterocycles. The molecule has 0 saturated heterocycles. The number of alkyl halides is 11. The summed E-state index contributed by atoms with van der Waals surface area (Å²) >= 11 is 23.5. The first-order valence-corrected chi connectivity index (χ1v) is 42.4. The highest BCUT2D eigenvalue weighted by atomic mass is 79.9. The Bertz CT molecular complexity index is 6620. The van der Waals surface area contributed by atoms with Crippen molar-refractivity contribution in [2.75, 3.05) is 37.5 Å². The average molecular weight is 2030 g/mol. The van der Waals surface area contributed by atoms with Crippen molar-refractivity contribution >= 4 is 195 Å². The highest BCUT2D eigenvalue weighted by Crippen LogP contribution is 2.46. The summed E-state index contributed by atoms with van der Waals surface area (Å²) in [5.41, 5.74) is -1.15. The van der Waals surface area contributed by atoms with Gasteiger partial charge in [0.1, 0.15) is 19.0 Å². The van der Waals surface area contributed by atoms with Gasteiger partial charge in [-0.1, -0.05) is 118 Å². The van der Waals surface area contributed by atoms with Gasteiger partial charge in [0.15, 0.2) is 39.3 Å². The molecule has 16 rings (SSSR count). The summed E-state index contributed by atoms with van der Waals surface area (Å²) in [7, 11) is -5.35. The Balaban J connectivity index is 0.000000146. The number of carbonyl (C=O) groups excluding carboxylic acids is 1. The molecule has 0 atom stereocenters. The number of para-hydroxylation sites is 1. The van der Waals surface area contributed by atoms with Crippen molar-refractivity contribution in [1.29, 1.82) is 0 Å². The van der Waals surface area contributed by atoms with Crippen molar-refractivity contribution in [2.24, 2.45) is 7.05 Å². The fraction of sp³-hybridized carbons (Fsp3) is 0.185. The molecule has 15 aromatic rings. The van der Waals surface area contributed by atoms with Crippen LogP contribution in [0.2, 0.25) is 0 Å². The molecule has 7 aromatic carbocycles. The normalized spacial score (nSPS) is 12.2. The minimum atomic E-state index is -6.81. The number of sulfonamides is 2. The van der Waals surface area contributed by atoms with Crippen LogP contribution in [-0.2, 0) is 45.1 Å². The molecule has 8 aromatic heterocycles. The van der Waals surface area contributed by atoms with Crippen molar-refractivity contribution in [3.8, 4) is 45.6 Å². The predicted octanol–water partition coefficient (Wildman–Crippen LogP) is 21.5. The van der Waals surface area contributed by atoms with Gasteiger partial charge < -0.3 is 58.7 Å². The first-order valence-electron chi connectivity index (χ1n) is 35.5. The maximum Gasteiger partial charge on any atom is 0.517 e. The van der Waals surface area contributed by atoms with Crippen molar-refractivity contribution in [2.45, 2.75) is 60.9 Å². The Kier molecular flexibility index (Phi) is 29.2. The van der Waals surface area contributed by atoms with Gasteiger partial charge in [0.2, 0.25) is 10.9 Å². The van der Waals surface area contributed by atoms with Crippen LogP contribution in [0.4, 0.5) is 56.7 Å². The number of H-pyrrole nitrogens is 5. The average Bonchev–Trinajstić information content (AvgIpc) is 1.33.